The Morgan fingerprint density at radius 1 is 1.00 bits per heavy atom. The molecule has 8 heteroatoms. The van der Waals surface area contributed by atoms with E-state index in [9.17, 15) is 4.79 Å². The number of aromatic nitrogens is 3. The number of halogens is 2. The van der Waals surface area contributed by atoms with Gasteiger partial charge in [0.15, 0.2) is 11.0 Å². The normalized spacial score (nSPS) is 11.1. The van der Waals surface area contributed by atoms with Crippen molar-refractivity contribution in [3.05, 3.63) is 88.4 Å². The summed E-state index contributed by atoms with van der Waals surface area (Å²) in [5.41, 5.74) is 3.58. The number of thioether (sulfide) groups is 1. The minimum absolute atomic E-state index is 0.00364. The smallest absolute Gasteiger partial charge is 0.237 e. The molecule has 0 radical (unpaired) electrons. The van der Waals surface area contributed by atoms with Gasteiger partial charge in [0.05, 0.1) is 10.8 Å². The van der Waals surface area contributed by atoms with Crippen molar-refractivity contribution in [1.29, 1.82) is 0 Å². The first-order valence-electron chi connectivity index (χ1n) is 10.8. The molecule has 1 aromatic heterocycles. The van der Waals surface area contributed by atoms with E-state index in [4.69, 9.17) is 23.2 Å². The molecule has 0 bridgehead atoms. The molecule has 3 aromatic carbocycles. The van der Waals surface area contributed by atoms with E-state index in [-0.39, 0.29) is 17.7 Å². The molecular weight excluding hydrogens is 487 g/mol. The number of anilines is 1. The maximum absolute atomic E-state index is 13.2. The van der Waals surface area contributed by atoms with Crippen molar-refractivity contribution in [2.24, 2.45) is 0 Å². The van der Waals surface area contributed by atoms with Crippen molar-refractivity contribution in [2.45, 2.75) is 32.0 Å². The van der Waals surface area contributed by atoms with Gasteiger partial charge >= 0.3 is 0 Å². The van der Waals surface area contributed by atoms with E-state index >= 15 is 0 Å². The number of hydrogen-bond donors (Lipinski definition) is 0. The van der Waals surface area contributed by atoms with E-state index in [1.54, 1.807) is 17.0 Å². The molecule has 0 aliphatic heterocycles. The summed E-state index contributed by atoms with van der Waals surface area (Å²) in [7, 11) is 0. The lowest BCUT2D eigenvalue weighted by atomic mass is 10.2. The zero-order valence-electron chi connectivity index (χ0n) is 19.1. The summed E-state index contributed by atoms with van der Waals surface area (Å²) in [4.78, 5) is 15.0. The maximum Gasteiger partial charge on any atom is 0.237 e. The fourth-order valence-corrected chi connectivity index (χ4v) is 5.03. The Hall–Kier alpha value is -2.80. The van der Waals surface area contributed by atoms with Crippen LogP contribution >= 0.6 is 35.0 Å². The first-order chi connectivity index (χ1) is 16.3. The Balaban J connectivity index is 1.69. The van der Waals surface area contributed by atoms with Crippen LogP contribution in [-0.2, 0) is 4.79 Å². The van der Waals surface area contributed by atoms with E-state index in [1.807, 2.05) is 86.0 Å². The van der Waals surface area contributed by atoms with Gasteiger partial charge in [-0.2, -0.15) is 0 Å². The van der Waals surface area contributed by atoms with Gasteiger partial charge in [-0.15, -0.1) is 10.2 Å². The third kappa shape index (κ3) is 5.30. The highest BCUT2D eigenvalue weighted by Crippen LogP contribution is 2.34. The summed E-state index contributed by atoms with van der Waals surface area (Å²) in [6.45, 7) is 6.04. The lowest BCUT2D eigenvalue weighted by Crippen LogP contribution is -2.38. The lowest BCUT2D eigenvalue weighted by molar-refractivity contribution is -0.116. The molecule has 0 saturated carbocycles. The van der Waals surface area contributed by atoms with Crippen molar-refractivity contribution >= 4 is 46.6 Å². The van der Waals surface area contributed by atoms with E-state index in [0.717, 1.165) is 16.9 Å². The molecule has 4 aromatic rings. The van der Waals surface area contributed by atoms with Crippen molar-refractivity contribution < 1.29 is 4.79 Å². The zero-order chi connectivity index (χ0) is 24.2. The second kappa shape index (κ2) is 10.6. The number of hydrogen-bond acceptors (Lipinski definition) is 4. The Kier molecular flexibility index (Phi) is 7.61. The summed E-state index contributed by atoms with van der Waals surface area (Å²) >= 11 is 14.0. The molecule has 4 rings (SSSR count). The molecule has 0 fully saturated rings. The van der Waals surface area contributed by atoms with Crippen LogP contribution in [-0.4, -0.2) is 32.5 Å². The minimum Gasteiger partial charge on any atom is -0.309 e. The zero-order valence-corrected chi connectivity index (χ0v) is 21.4. The summed E-state index contributed by atoms with van der Waals surface area (Å²) in [5.74, 6) is 0.799. The van der Waals surface area contributed by atoms with Crippen molar-refractivity contribution in [1.82, 2.24) is 14.8 Å². The summed E-state index contributed by atoms with van der Waals surface area (Å²) in [5, 5.41) is 10.5. The molecule has 0 aliphatic rings. The summed E-state index contributed by atoms with van der Waals surface area (Å²) in [6.07, 6.45) is 0. The van der Waals surface area contributed by atoms with Crippen LogP contribution in [0.1, 0.15) is 19.4 Å². The quantitative estimate of drug-likeness (QED) is 0.249. The summed E-state index contributed by atoms with van der Waals surface area (Å²) < 4.78 is 1.93. The van der Waals surface area contributed by atoms with Crippen LogP contribution in [0.25, 0.3) is 17.1 Å². The molecule has 34 heavy (non-hydrogen) atoms. The van der Waals surface area contributed by atoms with Crippen molar-refractivity contribution in [2.75, 3.05) is 10.7 Å². The highest BCUT2D eigenvalue weighted by molar-refractivity contribution is 7.99. The molecule has 0 unspecified atom stereocenters. The number of aryl methyl sites for hydroxylation is 1. The fraction of sp³-hybridized carbons (Fsp3) is 0.192. The van der Waals surface area contributed by atoms with Gasteiger partial charge in [0, 0.05) is 28.0 Å². The van der Waals surface area contributed by atoms with Gasteiger partial charge in [-0.05, 0) is 68.8 Å². The van der Waals surface area contributed by atoms with Gasteiger partial charge in [0.1, 0.15) is 0 Å². The SMILES string of the molecule is Cc1cccc(-n2c(SCC(=O)N(c3ccccc3)C(C)C)nnc2-c2ccc(Cl)cc2Cl)c1. The Bertz CT molecular complexity index is 1310. The highest BCUT2D eigenvalue weighted by Gasteiger charge is 2.23. The Morgan fingerprint density at radius 2 is 1.76 bits per heavy atom. The molecule has 5 nitrogen and oxygen atoms in total. The van der Waals surface area contributed by atoms with Crippen LogP contribution in [0, 0.1) is 6.92 Å². The standard InChI is InChI=1S/C26H24Cl2N4OS/c1-17(2)31(20-9-5-4-6-10-20)24(33)16-34-26-30-29-25(22-13-12-19(27)15-23(22)28)32(26)21-11-7-8-18(3)14-21/h4-15,17H,16H2,1-3H3. The number of benzene rings is 3. The fourth-order valence-electron chi connectivity index (χ4n) is 3.72. The van der Waals surface area contributed by atoms with Crippen LogP contribution in [0.3, 0.4) is 0 Å². The van der Waals surface area contributed by atoms with E-state index in [2.05, 4.69) is 10.2 Å². The molecule has 0 aliphatic carbocycles. The first-order valence-corrected chi connectivity index (χ1v) is 12.6. The molecule has 0 atom stereocenters. The van der Waals surface area contributed by atoms with Gasteiger partial charge in [-0.25, -0.2) is 0 Å². The minimum atomic E-state index is -0.00364. The number of para-hydroxylation sites is 1. The van der Waals surface area contributed by atoms with Crippen LogP contribution < -0.4 is 4.90 Å². The average Bonchev–Trinajstić information content (AvgIpc) is 3.22. The monoisotopic (exact) mass is 510 g/mol. The molecule has 1 amide bonds. The van der Waals surface area contributed by atoms with E-state index in [0.29, 0.717) is 26.6 Å². The predicted molar refractivity (Wildman–Crippen MR) is 141 cm³/mol. The van der Waals surface area contributed by atoms with Gasteiger partial charge in [-0.1, -0.05) is 65.3 Å². The molecule has 1 heterocycles. The van der Waals surface area contributed by atoms with Gasteiger partial charge in [-0.3, -0.25) is 9.36 Å². The molecular formula is C26H24Cl2N4OS. The molecule has 0 N–H and O–H groups in total. The third-order valence-electron chi connectivity index (χ3n) is 5.21. The Morgan fingerprint density at radius 3 is 2.44 bits per heavy atom. The number of carbonyl (C=O) groups is 1. The van der Waals surface area contributed by atoms with Gasteiger partial charge < -0.3 is 4.90 Å². The largest absolute Gasteiger partial charge is 0.309 e. The van der Waals surface area contributed by atoms with Crippen molar-refractivity contribution in [3.8, 4) is 17.1 Å². The number of amides is 1. The lowest BCUT2D eigenvalue weighted by Gasteiger charge is -2.26. The van der Waals surface area contributed by atoms with Crippen molar-refractivity contribution in [3.63, 3.8) is 0 Å². The topological polar surface area (TPSA) is 51.0 Å². The molecule has 0 spiro atoms. The van der Waals surface area contributed by atoms with Crippen LogP contribution in [0.15, 0.2) is 78.0 Å². The van der Waals surface area contributed by atoms with Crippen LogP contribution in [0.4, 0.5) is 5.69 Å². The van der Waals surface area contributed by atoms with Crippen LogP contribution in [0.5, 0.6) is 0 Å². The number of carbonyl (C=O) groups excluding carboxylic acids is 1. The van der Waals surface area contributed by atoms with E-state index in [1.165, 1.54) is 11.8 Å². The molecule has 174 valence electrons. The molecule has 0 saturated heterocycles. The van der Waals surface area contributed by atoms with Crippen LogP contribution in [0.2, 0.25) is 10.0 Å². The van der Waals surface area contributed by atoms with Gasteiger partial charge in [0.2, 0.25) is 5.91 Å². The number of rotatable bonds is 7. The second-order valence-electron chi connectivity index (χ2n) is 8.09. The average molecular weight is 511 g/mol. The summed E-state index contributed by atoms with van der Waals surface area (Å²) in [6, 6.07) is 23.0. The number of nitrogens with zero attached hydrogens (tertiary/aromatic N) is 4. The highest BCUT2D eigenvalue weighted by atomic mass is 35.5. The predicted octanol–water partition coefficient (Wildman–Crippen LogP) is 7.08. The first kappa shape index (κ1) is 24.3. The maximum atomic E-state index is 13.2. The van der Waals surface area contributed by atoms with Gasteiger partial charge in [0.25, 0.3) is 0 Å². The van der Waals surface area contributed by atoms with E-state index < -0.39 is 0 Å². The third-order valence-corrected chi connectivity index (χ3v) is 6.67. The Labute approximate surface area is 213 Å². The second-order valence-corrected chi connectivity index (χ2v) is 9.87.